The van der Waals surface area contributed by atoms with Crippen molar-refractivity contribution in [3.63, 3.8) is 0 Å². The fourth-order valence-corrected chi connectivity index (χ4v) is 3.06. The van der Waals surface area contributed by atoms with Crippen LogP contribution in [-0.4, -0.2) is 53.0 Å². The maximum absolute atomic E-state index is 14.5. The Hall–Kier alpha value is -2.61. The van der Waals surface area contributed by atoms with Crippen molar-refractivity contribution in [1.29, 1.82) is 0 Å². The molecule has 3 rings (SSSR count). The van der Waals surface area contributed by atoms with Crippen molar-refractivity contribution >= 4 is 17.0 Å². The number of fused-ring (bicyclic) bond motifs is 1. The molecule has 7 nitrogen and oxygen atoms in total. The average molecular weight is 346 g/mol. The lowest BCUT2D eigenvalue weighted by Gasteiger charge is -2.40. The Morgan fingerprint density at radius 2 is 2.32 bits per heavy atom. The predicted octanol–water partition coefficient (Wildman–Crippen LogP) is 1.39. The Morgan fingerprint density at radius 1 is 1.52 bits per heavy atom. The summed E-state index contributed by atoms with van der Waals surface area (Å²) in [5.41, 5.74) is 12.7. The minimum Gasteiger partial charge on any atom is -0.488 e. The zero-order valence-electron chi connectivity index (χ0n) is 14.4. The highest BCUT2D eigenvalue weighted by Gasteiger charge is 2.27. The van der Waals surface area contributed by atoms with E-state index >= 15 is 0 Å². The number of halogens is 1. The molecule has 8 heteroatoms. The number of allylic oxidation sites excluding steroid dienone is 1. The second-order valence-electron chi connectivity index (χ2n) is 5.96. The summed E-state index contributed by atoms with van der Waals surface area (Å²) >= 11 is 0. The van der Waals surface area contributed by atoms with Crippen LogP contribution in [0.4, 0.5) is 10.2 Å². The molecule has 0 aliphatic carbocycles. The summed E-state index contributed by atoms with van der Waals surface area (Å²) in [5, 5.41) is 4.00. The van der Waals surface area contributed by atoms with Gasteiger partial charge in [-0.1, -0.05) is 6.92 Å². The molecule has 0 amide bonds. The number of aromatic nitrogens is 2. The Kier molecular flexibility index (Phi) is 4.89. The smallest absolute Gasteiger partial charge is 0.160 e. The van der Waals surface area contributed by atoms with E-state index in [1.165, 1.54) is 16.9 Å². The zero-order valence-corrected chi connectivity index (χ0v) is 14.4. The van der Waals surface area contributed by atoms with E-state index in [1.54, 1.807) is 19.2 Å². The third kappa shape index (κ3) is 3.30. The number of nitrogens with zero attached hydrogens (tertiary/aromatic N) is 4. The van der Waals surface area contributed by atoms with Gasteiger partial charge in [0.1, 0.15) is 18.1 Å². The fourth-order valence-electron chi connectivity index (χ4n) is 3.06. The van der Waals surface area contributed by atoms with Crippen LogP contribution < -0.4 is 11.5 Å². The minimum absolute atomic E-state index is 0.299. The van der Waals surface area contributed by atoms with Crippen LogP contribution in [0.5, 0.6) is 0 Å². The molecule has 2 aromatic rings. The molecule has 1 saturated heterocycles. The van der Waals surface area contributed by atoms with Gasteiger partial charge in [-0.3, -0.25) is 9.89 Å². The average Bonchev–Trinajstić information content (AvgIpc) is 2.92. The van der Waals surface area contributed by atoms with E-state index in [4.69, 9.17) is 16.2 Å². The Morgan fingerprint density at radius 3 is 2.92 bits per heavy atom. The van der Waals surface area contributed by atoms with E-state index in [1.807, 2.05) is 0 Å². The second kappa shape index (κ2) is 7.10. The van der Waals surface area contributed by atoms with Gasteiger partial charge in [-0.15, -0.1) is 0 Å². The van der Waals surface area contributed by atoms with Crippen molar-refractivity contribution in [2.24, 2.45) is 10.7 Å². The first kappa shape index (κ1) is 17.2. The summed E-state index contributed by atoms with van der Waals surface area (Å²) in [4.78, 5) is 6.51. The summed E-state index contributed by atoms with van der Waals surface area (Å²) in [5.74, 6) is 0.209. The van der Waals surface area contributed by atoms with E-state index in [0.717, 1.165) is 19.5 Å². The van der Waals surface area contributed by atoms with Crippen LogP contribution in [0.1, 0.15) is 18.9 Å². The van der Waals surface area contributed by atoms with Crippen LogP contribution in [0.15, 0.2) is 35.3 Å². The monoisotopic (exact) mass is 346 g/mol. The second-order valence-corrected chi connectivity index (χ2v) is 5.96. The van der Waals surface area contributed by atoms with Crippen LogP contribution in [0.2, 0.25) is 0 Å². The van der Waals surface area contributed by atoms with Gasteiger partial charge in [0.05, 0.1) is 11.7 Å². The van der Waals surface area contributed by atoms with Crippen LogP contribution in [0, 0.1) is 5.82 Å². The van der Waals surface area contributed by atoms with Gasteiger partial charge >= 0.3 is 0 Å². The van der Waals surface area contributed by atoms with Crippen molar-refractivity contribution in [3.05, 3.63) is 41.7 Å². The number of anilines is 1. The zero-order chi connectivity index (χ0) is 18.0. The molecule has 1 unspecified atom stereocenters. The highest BCUT2D eigenvalue weighted by Crippen LogP contribution is 2.21. The first-order chi connectivity index (χ1) is 12.1. The summed E-state index contributed by atoms with van der Waals surface area (Å²) in [6, 6.07) is 3.66. The van der Waals surface area contributed by atoms with Gasteiger partial charge in [-0.05, 0) is 19.0 Å². The van der Waals surface area contributed by atoms with E-state index < -0.39 is 5.82 Å². The van der Waals surface area contributed by atoms with Gasteiger partial charge < -0.3 is 16.2 Å². The molecule has 1 aliphatic heterocycles. The first-order valence-electron chi connectivity index (χ1n) is 8.28. The van der Waals surface area contributed by atoms with Gasteiger partial charge in [0.25, 0.3) is 0 Å². The number of ether oxygens (including phenoxy) is 1. The van der Waals surface area contributed by atoms with Gasteiger partial charge in [0, 0.05) is 37.5 Å². The van der Waals surface area contributed by atoms with E-state index in [0.29, 0.717) is 41.0 Å². The number of rotatable bonds is 6. The van der Waals surface area contributed by atoms with E-state index in [2.05, 4.69) is 21.9 Å². The fraction of sp³-hybridized carbons (Fsp3) is 0.412. The SMILES string of the molecule is CCN1CCC1CO/C(=C/N)C(=NC)c1cc2cc(N)nn2cc1F. The third-order valence-electron chi connectivity index (χ3n) is 4.54. The Balaban J connectivity index is 1.84. The van der Waals surface area contributed by atoms with Crippen LogP contribution in [0.3, 0.4) is 0 Å². The number of hydrogen-bond acceptors (Lipinski definition) is 6. The number of nitrogens with two attached hydrogens (primary N) is 2. The Labute approximate surface area is 145 Å². The van der Waals surface area contributed by atoms with Crippen LogP contribution in [0.25, 0.3) is 5.52 Å². The maximum Gasteiger partial charge on any atom is 0.160 e. The highest BCUT2D eigenvalue weighted by atomic mass is 19.1. The van der Waals surface area contributed by atoms with Crippen molar-refractivity contribution in [2.45, 2.75) is 19.4 Å². The standard InChI is InChI=1S/C17H23FN6O/c1-3-23-5-4-11(23)10-25-15(8-19)17(21-2)13-6-12-7-16(20)22-24(12)9-14(13)18/h6-9,11H,3-5,10,19H2,1-2H3,(H2,20,22)/b15-8+,21-17?. The van der Waals surface area contributed by atoms with Crippen molar-refractivity contribution < 1.29 is 9.13 Å². The number of likely N-dealkylation sites (tertiary alicyclic amines) is 1. The van der Waals surface area contributed by atoms with E-state index in [-0.39, 0.29) is 0 Å². The lowest BCUT2D eigenvalue weighted by atomic mass is 10.0. The first-order valence-corrected chi connectivity index (χ1v) is 8.28. The van der Waals surface area contributed by atoms with Gasteiger partial charge in [0.15, 0.2) is 11.6 Å². The number of nitrogen functional groups attached to an aromatic ring is 1. The summed E-state index contributed by atoms with van der Waals surface area (Å²) in [6.07, 6.45) is 3.68. The molecular weight excluding hydrogens is 323 g/mol. The molecule has 25 heavy (non-hydrogen) atoms. The molecule has 0 bridgehead atoms. The van der Waals surface area contributed by atoms with Gasteiger partial charge in [-0.25, -0.2) is 8.91 Å². The lowest BCUT2D eigenvalue weighted by molar-refractivity contribution is 0.0367. The molecule has 4 N–H and O–H groups in total. The minimum atomic E-state index is -0.474. The van der Waals surface area contributed by atoms with Crippen LogP contribution in [-0.2, 0) is 4.74 Å². The molecular formula is C17H23FN6O. The van der Waals surface area contributed by atoms with Gasteiger partial charge in [0.2, 0.25) is 0 Å². The van der Waals surface area contributed by atoms with Crippen LogP contribution >= 0.6 is 0 Å². The topological polar surface area (TPSA) is 94.2 Å². The van der Waals surface area contributed by atoms with Crippen molar-refractivity contribution in [1.82, 2.24) is 14.5 Å². The summed E-state index contributed by atoms with van der Waals surface area (Å²) in [7, 11) is 1.58. The lowest BCUT2D eigenvalue weighted by Crippen LogP contribution is -2.50. The quantitative estimate of drug-likeness (QED) is 0.609. The molecule has 0 spiro atoms. The third-order valence-corrected chi connectivity index (χ3v) is 4.54. The molecule has 0 saturated carbocycles. The Bertz CT molecular complexity index is 826. The molecule has 1 fully saturated rings. The molecule has 1 aliphatic rings. The molecule has 1 atom stereocenters. The van der Waals surface area contributed by atoms with Crippen molar-refractivity contribution in [3.8, 4) is 0 Å². The summed E-state index contributed by atoms with van der Waals surface area (Å²) in [6.45, 7) is 4.68. The predicted molar refractivity (Wildman–Crippen MR) is 95.9 cm³/mol. The van der Waals surface area contributed by atoms with Crippen molar-refractivity contribution in [2.75, 3.05) is 32.5 Å². The highest BCUT2D eigenvalue weighted by molar-refractivity contribution is 6.12. The molecule has 0 aromatic carbocycles. The van der Waals surface area contributed by atoms with Gasteiger partial charge in [-0.2, -0.15) is 5.10 Å². The molecule has 134 valence electrons. The molecule has 2 aromatic heterocycles. The number of aliphatic imine (C=N–C) groups is 1. The maximum atomic E-state index is 14.5. The number of hydrogen-bond donors (Lipinski definition) is 2. The number of pyridine rings is 1. The largest absolute Gasteiger partial charge is 0.488 e. The normalized spacial score (nSPS) is 19.2. The molecule has 3 heterocycles. The summed E-state index contributed by atoms with van der Waals surface area (Å²) < 4.78 is 21.8. The number of likely N-dealkylation sites (N-methyl/N-ethyl adjacent to an activating group) is 1. The van der Waals surface area contributed by atoms with E-state index in [9.17, 15) is 4.39 Å². The molecule has 0 radical (unpaired) electrons.